The Morgan fingerprint density at radius 1 is 1.10 bits per heavy atom. The minimum Gasteiger partial charge on any atom is -0.493 e. The van der Waals surface area contributed by atoms with Gasteiger partial charge in [0.25, 0.3) is 0 Å². The zero-order valence-electron chi connectivity index (χ0n) is 17.5. The van der Waals surface area contributed by atoms with Crippen LogP contribution in [0.5, 0.6) is 17.4 Å². The molecule has 0 radical (unpaired) electrons. The maximum atomic E-state index is 5.64. The van der Waals surface area contributed by atoms with Crippen LogP contribution in [-0.4, -0.2) is 45.4 Å². The molecule has 0 aliphatic rings. The van der Waals surface area contributed by atoms with Crippen LogP contribution in [-0.2, 0) is 13.0 Å². The summed E-state index contributed by atoms with van der Waals surface area (Å²) in [4.78, 5) is 8.46. The first-order valence-corrected chi connectivity index (χ1v) is 9.43. The number of rotatable bonds is 10. The largest absolute Gasteiger partial charge is 0.493 e. The minimum absolute atomic E-state index is 0. The van der Waals surface area contributed by atoms with Gasteiger partial charge in [-0.3, -0.25) is 4.99 Å². The van der Waals surface area contributed by atoms with E-state index in [1.54, 1.807) is 27.5 Å². The summed E-state index contributed by atoms with van der Waals surface area (Å²) in [6.45, 7) is 3.98. The zero-order chi connectivity index (χ0) is 20.2. The molecule has 0 unspecified atom stereocenters. The van der Waals surface area contributed by atoms with Crippen LogP contribution in [0.1, 0.15) is 24.5 Å². The number of hydrogen-bond donors (Lipinski definition) is 2. The zero-order valence-corrected chi connectivity index (χ0v) is 19.9. The van der Waals surface area contributed by atoms with Crippen molar-refractivity contribution >= 4 is 29.9 Å². The van der Waals surface area contributed by atoms with Gasteiger partial charge in [0.15, 0.2) is 17.5 Å². The lowest BCUT2D eigenvalue weighted by Crippen LogP contribution is -2.37. The number of hydrogen-bond acceptors (Lipinski definition) is 5. The van der Waals surface area contributed by atoms with Crippen molar-refractivity contribution in [3.8, 4) is 17.4 Å². The second-order valence-corrected chi connectivity index (χ2v) is 6.05. The van der Waals surface area contributed by atoms with Gasteiger partial charge >= 0.3 is 0 Å². The van der Waals surface area contributed by atoms with Gasteiger partial charge in [0, 0.05) is 31.9 Å². The van der Waals surface area contributed by atoms with Gasteiger partial charge in [-0.15, -0.1) is 24.0 Å². The summed E-state index contributed by atoms with van der Waals surface area (Å²) >= 11 is 0. The van der Waals surface area contributed by atoms with Gasteiger partial charge in [0.05, 0.1) is 20.8 Å². The van der Waals surface area contributed by atoms with E-state index in [-0.39, 0.29) is 24.0 Å². The molecule has 2 N–H and O–H groups in total. The SMILES string of the molecule is CCOc1cc(CCCNC(=NC)NCc2cccnc2OC)ccc1OC.I. The summed E-state index contributed by atoms with van der Waals surface area (Å²) in [5.41, 5.74) is 2.20. The van der Waals surface area contributed by atoms with Crippen LogP contribution in [0.4, 0.5) is 0 Å². The van der Waals surface area contributed by atoms with Gasteiger partial charge in [0.1, 0.15) is 0 Å². The van der Waals surface area contributed by atoms with Crippen LogP contribution < -0.4 is 24.8 Å². The third kappa shape index (κ3) is 7.96. The molecule has 2 rings (SSSR count). The van der Waals surface area contributed by atoms with E-state index < -0.39 is 0 Å². The molecule has 8 heteroatoms. The second-order valence-electron chi connectivity index (χ2n) is 6.05. The number of ether oxygens (including phenoxy) is 3. The van der Waals surface area contributed by atoms with Crippen molar-refractivity contribution in [3.05, 3.63) is 47.7 Å². The first-order valence-electron chi connectivity index (χ1n) is 9.43. The van der Waals surface area contributed by atoms with E-state index in [2.05, 4.69) is 26.7 Å². The number of nitrogens with one attached hydrogen (secondary N) is 2. The Kier molecular flexibility index (Phi) is 11.9. The molecule has 29 heavy (non-hydrogen) atoms. The Hall–Kier alpha value is -2.23. The van der Waals surface area contributed by atoms with Crippen LogP contribution >= 0.6 is 24.0 Å². The first kappa shape index (κ1) is 24.8. The quantitative estimate of drug-likeness (QED) is 0.219. The monoisotopic (exact) mass is 514 g/mol. The standard InChI is InChI=1S/C21H30N4O3.HI/c1-5-28-19-14-16(10-11-18(19)26-3)8-6-13-24-21(22-2)25-15-17-9-7-12-23-20(17)27-4;/h7,9-12,14H,5-6,8,13,15H2,1-4H3,(H2,22,24,25);1H. The molecule has 0 atom stereocenters. The highest BCUT2D eigenvalue weighted by Crippen LogP contribution is 2.28. The van der Waals surface area contributed by atoms with E-state index in [1.165, 1.54) is 5.56 Å². The molecule has 0 fully saturated rings. The van der Waals surface area contributed by atoms with Gasteiger partial charge in [0.2, 0.25) is 5.88 Å². The van der Waals surface area contributed by atoms with Gasteiger partial charge in [-0.2, -0.15) is 0 Å². The highest BCUT2D eigenvalue weighted by Gasteiger charge is 2.06. The highest BCUT2D eigenvalue weighted by molar-refractivity contribution is 14.0. The molecule has 0 spiro atoms. The normalized spacial score (nSPS) is 10.7. The minimum atomic E-state index is 0. The van der Waals surface area contributed by atoms with Crippen molar-refractivity contribution in [3.63, 3.8) is 0 Å². The summed E-state index contributed by atoms with van der Waals surface area (Å²) in [6.07, 6.45) is 3.62. The number of halogens is 1. The number of benzene rings is 1. The Bertz CT molecular complexity index is 771. The first-order chi connectivity index (χ1) is 13.7. The number of aromatic nitrogens is 1. The number of pyridine rings is 1. The summed E-state index contributed by atoms with van der Waals surface area (Å²) in [7, 11) is 5.03. The molecule has 0 bridgehead atoms. The summed E-state index contributed by atoms with van der Waals surface area (Å²) < 4.78 is 16.2. The van der Waals surface area contributed by atoms with E-state index in [0.29, 0.717) is 19.0 Å². The second kappa shape index (κ2) is 13.9. The Morgan fingerprint density at radius 2 is 1.93 bits per heavy atom. The van der Waals surface area contributed by atoms with E-state index in [4.69, 9.17) is 14.2 Å². The topological polar surface area (TPSA) is 77.0 Å². The number of aryl methyl sites for hydroxylation is 1. The Balaban J connectivity index is 0.00000420. The van der Waals surface area contributed by atoms with Gasteiger partial charge in [-0.1, -0.05) is 12.1 Å². The Labute approximate surface area is 190 Å². The van der Waals surface area contributed by atoms with Crippen molar-refractivity contribution in [2.75, 3.05) is 34.4 Å². The number of nitrogens with zero attached hydrogens (tertiary/aromatic N) is 2. The summed E-state index contributed by atoms with van der Waals surface area (Å²) in [5, 5.41) is 6.61. The molecule has 0 amide bonds. The lowest BCUT2D eigenvalue weighted by molar-refractivity contribution is 0.310. The lowest BCUT2D eigenvalue weighted by Gasteiger charge is -2.14. The lowest BCUT2D eigenvalue weighted by atomic mass is 10.1. The van der Waals surface area contributed by atoms with Crippen molar-refractivity contribution < 1.29 is 14.2 Å². The van der Waals surface area contributed by atoms with Gasteiger partial charge in [-0.05, 0) is 43.5 Å². The van der Waals surface area contributed by atoms with Crippen LogP contribution in [0.25, 0.3) is 0 Å². The Morgan fingerprint density at radius 3 is 2.62 bits per heavy atom. The van der Waals surface area contributed by atoms with Gasteiger partial charge < -0.3 is 24.8 Å². The van der Waals surface area contributed by atoms with Crippen LogP contribution in [0.2, 0.25) is 0 Å². The van der Waals surface area contributed by atoms with Crippen LogP contribution in [0, 0.1) is 0 Å². The van der Waals surface area contributed by atoms with Crippen molar-refractivity contribution in [2.45, 2.75) is 26.3 Å². The molecular formula is C21H31IN4O3. The third-order valence-corrected chi connectivity index (χ3v) is 4.18. The average molecular weight is 514 g/mol. The molecule has 1 aromatic carbocycles. The van der Waals surface area contributed by atoms with Crippen molar-refractivity contribution in [1.29, 1.82) is 0 Å². The van der Waals surface area contributed by atoms with Crippen LogP contribution in [0.3, 0.4) is 0 Å². The number of methoxy groups -OCH3 is 2. The highest BCUT2D eigenvalue weighted by atomic mass is 127. The van der Waals surface area contributed by atoms with E-state index in [0.717, 1.165) is 42.4 Å². The molecule has 160 valence electrons. The smallest absolute Gasteiger partial charge is 0.218 e. The molecule has 0 aliphatic carbocycles. The van der Waals surface area contributed by atoms with Gasteiger partial charge in [-0.25, -0.2) is 4.98 Å². The van der Waals surface area contributed by atoms with E-state index >= 15 is 0 Å². The fourth-order valence-electron chi connectivity index (χ4n) is 2.79. The summed E-state index contributed by atoms with van der Waals surface area (Å²) in [5.74, 6) is 2.92. The maximum Gasteiger partial charge on any atom is 0.218 e. The average Bonchev–Trinajstić information content (AvgIpc) is 2.74. The molecule has 7 nitrogen and oxygen atoms in total. The van der Waals surface area contributed by atoms with Crippen molar-refractivity contribution in [2.24, 2.45) is 4.99 Å². The summed E-state index contributed by atoms with van der Waals surface area (Å²) in [6, 6.07) is 9.94. The number of guanidine groups is 1. The maximum absolute atomic E-state index is 5.64. The molecule has 1 heterocycles. The van der Waals surface area contributed by atoms with E-state index in [9.17, 15) is 0 Å². The molecular weight excluding hydrogens is 483 g/mol. The molecule has 2 aromatic rings. The molecule has 0 saturated heterocycles. The fraction of sp³-hybridized carbons (Fsp3) is 0.429. The van der Waals surface area contributed by atoms with Crippen molar-refractivity contribution in [1.82, 2.24) is 15.6 Å². The molecule has 1 aromatic heterocycles. The van der Waals surface area contributed by atoms with Crippen LogP contribution in [0.15, 0.2) is 41.5 Å². The van der Waals surface area contributed by atoms with E-state index in [1.807, 2.05) is 31.2 Å². The molecule has 0 saturated carbocycles. The predicted octanol–water partition coefficient (Wildman–Crippen LogP) is 3.41. The molecule has 0 aliphatic heterocycles. The number of aliphatic imine (C=N–C) groups is 1. The third-order valence-electron chi connectivity index (χ3n) is 4.18. The predicted molar refractivity (Wildman–Crippen MR) is 127 cm³/mol. The fourth-order valence-corrected chi connectivity index (χ4v) is 2.79.